The zero-order valence-electron chi connectivity index (χ0n) is 12.9. The van der Waals surface area contributed by atoms with Crippen molar-refractivity contribution in [3.8, 4) is 28.7 Å². The summed E-state index contributed by atoms with van der Waals surface area (Å²) in [6.07, 6.45) is 1.51. The van der Waals surface area contributed by atoms with Crippen LogP contribution in [0.4, 0.5) is 0 Å². The van der Waals surface area contributed by atoms with Crippen LogP contribution in [-0.4, -0.2) is 37.9 Å². The third-order valence-electron chi connectivity index (χ3n) is 3.51. The summed E-state index contributed by atoms with van der Waals surface area (Å²) in [6.45, 7) is 4.91. The van der Waals surface area contributed by atoms with Crippen LogP contribution in [0.15, 0.2) is 30.6 Å². The quantitative estimate of drug-likeness (QED) is 0.722. The Bertz CT molecular complexity index is 854. The summed E-state index contributed by atoms with van der Waals surface area (Å²) >= 11 is 0. The number of nitrogens with zero attached hydrogens (tertiary/aromatic N) is 5. The molecule has 3 heterocycles. The monoisotopic (exact) mass is 309 g/mol. The minimum atomic E-state index is 0.547. The minimum Gasteiger partial charge on any atom is -0.486 e. The van der Waals surface area contributed by atoms with Gasteiger partial charge in [0.05, 0.1) is 5.69 Å². The second-order valence-electron chi connectivity index (χ2n) is 5.27. The highest BCUT2D eigenvalue weighted by molar-refractivity contribution is 5.56. The molecule has 1 aromatic carbocycles. The lowest BCUT2D eigenvalue weighted by Gasteiger charge is -2.19. The van der Waals surface area contributed by atoms with Gasteiger partial charge >= 0.3 is 0 Å². The van der Waals surface area contributed by atoms with Crippen LogP contribution in [0.25, 0.3) is 17.2 Å². The van der Waals surface area contributed by atoms with Crippen LogP contribution in [0, 0.1) is 13.8 Å². The van der Waals surface area contributed by atoms with Crippen molar-refractivity contribution >= 4 is 0 Å². The van der Waals surface area contributed by atoms with E-state index in [2.05, 4.69) is 20.1 Å². The summed E-state index contributed by atoms with van der Waals surface area (Å²) in [5, 5.41) is 4.32. The van der Waals surface area contributed by atoms with Crippen LogP contribution in [0.1, 0.15) is 11.5 Å². The molecule has 0 spiro atoms. The molecule has 7 heteroatoms. The number of aryl methyl sites for hydroxylation is 2. The van der Waals surface area contributed by atoms with E-state index in [0.29, 0.717) is 30.6 Å². The molecule has 0 N–H and O–H groups in total. The average molecular weight is 309 g/mol. The van der Waals surface area contributed by atoms with E-state index in [-0.39, 0.29) is 0 Å². The van der Waals surface area contributed by atoms with Crippen molar-refractivity contribution in [1.82, 2.24) is 24.7 Å². The van der Waals surface area contributed by atoms with Gasteiger partial charge in [-0.1, -0.05) is 0 Å². The summed E-state index contributed by atoms with van der Waals surface area (Å²) in [5.74, 6) is 2.83. The molecule has 1 aliphatic heterocycles. The predicted molar refractivity (Wildman–Crippen MR) is 82.8 cm³/mol. The lowest BCUT2D eigenvalue weighted by Crippen LogP contribution is -2.15. The van der Waals surface area contributed by atoms with Crippen LogP contribution in [-0.2, 0) is 0 Å². The topological polar surface area (TPSA) is 75.0 Å². The third-order valence-corrected chi connectivity index (χ3v) is 3.51. The summed E-state index contributed by atoms with van der Waals surface area (Å²) < 4.78 is 12.9. The summed E-state index contributed by atoms with van der Waals surface area (Å²) in [5.41, 5.74) is 2.47. The highest BCUT2D eigenvalue weighted by Gasteiger charge is 2.16. The summed E-state index contributed by atoms with van der Waals surface area (Å²) in [7, 11) is 0. The number of rotatable bonds is 2. The Labute approximate surface area is 132 Å². The van der Waals surface area contributed by atoms with Crippen molar-refractivity contribution in [3.05, 3.63) is 42.1 Å². The number of hydrogen-bond donors (Lipinski definition) is 0. The lowest BCUT2D eigenvalue weighted by atomic mass is 10.2. The number of fused-ring (bicyclic) bond motifs is 1. The molecule has 0 saturated heterocycles. The molecule has 7 nitrogen and oxygen atoms in total. The third kappa shape index (κ3) is 2.50. The molecule has 0 aliphatic carbocycles. The highest BCUT2D eigenvalue weighted by atomic mass is 16.6. The van der Waals surface area contributed by atoms with Crippen molar-refractivity contribution in [2.24, 2.45) is 0 Å². The number of benzene rings is 1. The second-order valence-corrected chi connectivity index (χ2v) is 5.27. The van der Waals surface area contributed by atoms with E-state index in [1.54, 1.807) is 4.68 Å². The van der Waals surface area contributed by atoms with Gasteiger partial charge in [-0.05, 0) is 32.0 Å². The Hall–Kier alpha value is -2.96. The fraction of sp³-hybridized carbons (Fsp3) is 0.250. The van der Waals surface area contributed by atoms with Crippen molar-refractivity contribution in [2.75, 3.05) is 13.2 Å². The van der Waals surface area contributed by atoms with E-state index in [0.717, 1.165) is 22.8 Å². The second kappa shape index (κ2) is 5.35. The van der Waals surface area contributed by atoms with E-state index < -0.39 is 0 Å². The zero-order chi connectivity index (χ0) is 15.8. The van der Waals surface area contributed by atoms with E-state index in [4.69, 9.17) is 9.47 Å². The van der Waals surface area contributed by atoms with E-state index >= 15 is 0 Å². The number of ether oxygens (including phenoxy) is 2. The Morgan fingerprint density at radius 2 is 1.83 bits per heavy atom. The SMILES string of the molecule is Cc1cc(-c2ncnn2-c2ccc3c(c2)OCCO3)nc(C)n1. The van der Waals surface area contributed by atoms with Gasteiger partial charge in [-0.3, -0.25) is 0 Å². The van der Waals surface area contributed by atoms with Crippen molar-refractivity contribution in [3.63, 3.8) is 0 Å². The smallest absolute Gasteiger partial charge is 0.181 e. The van der Waals surface area contributed by atoms with Gasteiger partial charge in [-0.15, -0.1) is 0 Å². The summed E-state index contributed by atoms with van der Waals surface area (Å²) in [6, 6.07) is 7.59. The first-order chi connectivity index (χ1) is 11.2. The van der Waals surface area contributed by atoms with Crippen LogP contribution in [0.2, 0.25) is 0 Å². The van der Waals surface area contributed by atoms with E-state index in [9.17, 15) is 0 Å². The molecule has 0 unspecified atom stereocenters. The predicted octanol–water partition coefficient (Wildman–Crippen LogP) is 2.11. The van der Waals surface area contributed by atoms with Crippen molar-refractivity contribution in [1.29, 1.82) is 0 Å². The van der Waals surface area contributed by atoms with Crippen molar-refractivity contribution < 1.29 is 9.47 Å². The van der Waals surface area contributed by atoms with Gasteiger partial charge in [-0.25, -0.2) is 19.6 Å². The first-order valence-corrected chi connectivity index (χ1v) is 7.33. The first-order valence-electron chi connectivity index (χ1n) is 7.33. The standard InChI is InChI=1S/C16H15N5O2/c1-10-7-13(20-11(2)19-10)16-17-9-18-21(16)12-3-4-14-15(8-12)23-6-5-22-14/h3-4,7-9H,5-6H2,1-2H3. The van der Waals surface area contributed by atoms with E-state index in [1.165, 1.54) is 6.33 Å². The maximum absolute atomic E-state index is 5.63. The molecule has 23 heavy (non-hydrogen) atoms. The maximum Gasteiger partial charge on any atom is 0.181 e. The number of aromatic nitrogens is 5. The normalized spacial score (nSPS) is 13.1. The Kier molecular flexibility index (Phi) is 3.18. The molecule has 0 radical (unpaired) electrons. The van der Waals surface area contributed by atoms with Gasteiger partial charge in [-0.2, -0.15) is 5.10 Å². The van der Waals surface area contributed by atoms with Crippen LogP contribution < -0.4 is 9.47 Å². The fourth-order valence-electron chi connectivity index (χ4n) is 2.60. The van der Waals surface area contributed by atoms with Gasteiger partial charge in [0.1, 0.15) is 31.1 Å². The molecule has 4 rings (SSSR count). The molecule has 0 amide bonds. The molecule has 3 aromatic rings. The molecule has 0 fully saturated rings. The Morgan fingerprint density at radius 1 is 1.00 bits per heavy atom. The Morgan fingerprint density at radius 3 is 2.65 bits per heavy atom. The fourth-order valence-corrected chi connectivity index (χ4v) is 2.60. The minimum absolute atomic E-state index is 0.547. The molecular weight excluding hydrogens is 294 g/mol. The van der Waals surface area contributed by atoms with Gasteiger partial charge < -0.3 is 9.47 Å². The van der Waals surface area contributed by atoms with E-state index in [1.807, 2.05) is 38.1 Å². The highest BCUT2D eigenvalue weighted by Crippen LogP contribution is 2.32. The molecular formula is C16H15N5O2. The number of hydrogen-bond acceptors (Lipinski definition) is 6. The molecule has 2 aromatic heterocycles. The Balaban J connectivity index is 1.81. The molecule has 116 valence electrons. The van der Waals surface area contributed by atoms with Gasteiger partial charge in [0.25, 0.3) is 0 Å². The van der Waals surface area contributed by atoms with Crippen LogP contribution in [0.3, 0.4) is 0 Å². The summed E-state index contributed by atoms with van der Waals surface area (Å²) in [4.78, 5) is 13.1. The van der Waals surface area contributed by atoms with Crippen molar-refractivity contribution in [2.45, 2.75) is 13.8 Å². The molecule has 1 aliphatic rings. The molecule has 0 bridgehead atoms. The maximum atomic E-state index is 5.63. The van der Waals surface area contributed by atoms with Crippen LogP contribution in [0.5, 0.6) is 11.5 Å². The van der Waals surface area contributed by atoms with Gasteiger partial charge in [0.15, 0.2) is 17.3 Å². The zero-order valence-corrected chi connectivity index (χ0v) is 12.9. The van der Waals surface area contributed by atoms with Crippen LogP contribution >= 0.6 is 0 Å². The first kappa shape index (κ1) is 13.7. The van der Waals surface area contributed by atoms with Gasteiger partial charge in [0.2, 0.25) is 0 Å². The average Bonchev–Trinajstić information content (AvgIpc) is 3.03. The molecule has 0 atom stereocenters. The largest absolute Gasteiger partial charge is 0.486 e. The lowest BCUT2D eigenvalue weighted by molar-refractivity contribution is 0.171. The van der Waals surface area contributed by atoms with Gasteiger partial charge in [0, 0.05) is 11.8 Å². The molecule has 0 saturated carbocycles.